The Hall–Kier alpha value is -2.29. The summed E-state index contributed by atoms with van der Waals surface area (Å²) in [7, 11) is -3.91. The van der Waals surface area contributed by atoms with Gasteiger partial charge in [0.1, 0.15) is 5.75 Å². The van der Waals surface area contributed by atoms with Crippen molar-refractivity contribution in [3.05, 3.63) is 53.1 Å². The van der Waals surface area contributed by atoms with Crippen molar-refractivity contribution < 1.29 is 22.7 Å². The summed E-state index contributed by atoms with van der Waals surface area (Å²) in [6.45, 7) is 7.00. The quantitative estimate of drug-likeness (QED) is 0.720. The minimum Gasteiger partial charge on any atom is -0.494 e. The zero-order valence-corrected chi connectivity index (χ0v) is 18.7. The molecule has 2 atom stereocenters. The van der Waals surface area contributed by atoms with Gasteiger partial charge in [-0.1, -0.05) is 11.6 Å². The topological polar surface area (TPSA) is 84.9 Å². The number of carbonyl (C=O) groups is 1. The lowest BCUT2D eigenvalue weighted by Crippen LogP contribution is -2.48. The van der Waals surface area contributed by atoms with E-state index in [2.05, 4.69) is 4.72 Å². The van der Waals surface area contributed by atoms with E-state index in [0.29, 0.717) is 31.1 Å². The van der Waals surface area contributed by atoms with Crippen LogP contribution in [0.4, 0.5) is 5.69 Å². The highest BCUT2D eigenvalue weighted by Crippen LogP contribution is 2.25. The maximum atomic E-state index is 13.0. The fourth-order valence-corrected chi connectivity index (χ4v) is 4.63. The van der Waals surface area contributed by atoms with Crippen molar-refractivity contribution in [2.24, 2.45) is 0 Å². The number of nitrogens with zero attached hydrogens (tertiary/aromatic N) is 1. The molecule has 2 aromatic rings. The van der Waals surface area contributed by atoms with Crippen LogP contribution in [-0.2, 0) is 14.8 Å². The number of carbonyl (C=O) groups excluding carboxylic acids is 1. The second kappa shape index (κ2) is 9.24. The molecule has 0 aromatic heterocycles. The standard InChI is InChI=1S/C21H25ClN2O5S/c1-4-28-17-7-5-16(6-8-17)23-30(26,27)18-9-10-20(22)19(11-18)21(25)24-12-14(2)29-15(3)13-24/h5-11,14-15,23H,4,12-13H2,1-3H3. The lowest BCUT2D eigenvalue weighted by Gasteiger charge is -2.35. The van der Waals surface area contributed by atoms with E-state index in [-0.39, 0.29) is 33.6 Å². The minimum atomic E-state index is -3.91. The highest BCUT2D eigenvalue weighted by Gasteiger charge is 2.28. The van der Waals surface area contributed by atoms with E-state index >= 15 is 0 Å². The van der Waals surface area contributed by atoms with Gasteiger partial charge in [-0.25, -0.2) is 8.42 Å². The first-order chi connectivity index (χ1) is 14.2. The first-order valence-electron chi connectivity index (χ1n) is 9.69. The van der Waals surface area contributed by atoms with E-state index in [1.54, 1.807) is 29.2 Å². The van der Waals surface area contributed by atoms with Gasteiger partial charge in [-0.2, -0.15) is 0 Å². The summed E-state index contributed by atoms with van der Waals surface area (Å²) in [6, 6.07) is 10.7. The number of hydrogen-bond acceptors (Lipinski definition) is 5. The zero-order chi connectivity index (χ0) is 21.9. The average Bonchev–Trinajstić information content (AvgIpc) is 2.68. The molecule has 162 valence electrons. The molecule has 0 radical (unpaired) electrons. The van der Waals surface area contributed by atoms with Gasteiger partial charge in [0.15, 0.2) is 0 Å². The highest BCUT2D eigenvalue weighted by molar-refractivity contribution is 7.92. The Balaban J connectivity index is 1.83. The molecule has 2 aromatic carbocycles. The van der Waals surface area contributed by atoms with E-state index in [0.717, 1.165) is 0 Å². The van der Waals surface area contributed by atoms with E-state index in [1.807, 2.05) is 20.8 Å². The first kappa shape index (κ1) is 22.4. The Kier molecular flexibility index (Phi) is 6.90. The largest absolute Gasteiger partial charge is 0.494 e. The lowest BCUT2D eigenvalue weighted by molar-refractivity contribution is -0.0586. The van der Waals surface area contributed by atoms with Crippen molar-refractivity contribution in [1.82, 2.24) is 4.90 Å². The Morgan fingerprint density at radius 3 is 2.40 bits per heavy atom. The van der Waals surface area contributed by atoms with Crippen LogP contribution in [0.3, 0.4) is 0 Å². The predicted molar refractivity (Wildman–Crippen MR) is 116 cm³/mol. The molecular weight excluding hydrogens is 428 g/mol. The molecule has 1 aliphatic rings. The molecule has 2 unspecified atom stereocenters. The maximum Gasteiger partial charge on any atom is 0.261 e. The molecule has 0 aliphatic carbocycles. The molecule has 1 fully saturated rings. The van der Waals surface area contributed by atoms with E-state index < -0.39 is 10.0 Å². The van der Waals surface area contributed by atoms with Crippen LogP contribution in [0.5, 0.6) is 5.75 Å². The van der Waals surface area contributed by atoms with Crippen LogP contribution in [0.2, 0.25) is 5.02 Å². The van der Waals surface area contributed by atoms with Crippen LogP contribution in [-0.4, -0.2) is 51.1 Å². The summed E-state index contributed by atoms with van der Waals surface area (Å²) in [4.78, 5) is 14.6. The number of rotatable bonds is 6. The lowest BCUT2D eigenvalue weighted by atomic mass is 10.1. The minimum absolute atomic E-state index is 0.0431. The predicted octanol–water partition coefficient (Wildman–Crippen LogP) is 3.79. The summed E-state index contributed by atoms with van der Waals surface area (Å²) in [5, 5.41) is 0.201. The fraction of sp³-hybridized carbons (Fsp3) is 0.381. The van der Waals surface area contributed by atoms with Crippen molar-refractivity contribution in [2.45, 2.75) is 37.9 Å². The molecule has 3 rings (SSSR count). The molecule has 1 saturated heterocycles. The third-order valence-electron chi connectivity index (χ3n) is 4.60. The molecule has 1 amide bonds. The maximum absolute atomic E-state index is 13.0. The number of nitrogens with one attached hydrogen (secondary N) is 1. The van der Waals surface area contributed by atoms with Crippen LogP contribution in [0.15, 0.2) is 47.4 Å². The third-order valence-corrected chi connectivity index (χ3v) is 6.31. The molecule has 0 saturated carbocycles. The van der Waals surface area contributed by atoms with Crippen LogP contribution in [0.1, 0.15) is 31.1 Å². The molecule has 7 nitrogen and oxygen atoms in total. The number of halogens is 1. The average molecular weight is 453 g/mol. The molecular formula is C21H25ClN2O5S. The van der Waals surface area contributed by atoms with Crippen molar-refractivity contribution in [3.63, 3.8) is 0 Å². The second-order valence-corrected chi connectivity index (χ2v) is 9.26. The normalized spacial score (nSPS) is 19.4. The molecule has 1 N–H and O–H groups in total. The number of benzene rings is 2. The van der Waals surface area contributed by atoms with Gasteiger partial charge < -0.3 is 14.4 Å². The molecule has 9 heteroatoms. The molecule has 30 heavy (non-hydrogen) atoms. The fourth-order valence-electron chi connectivity index (χ4n) is 3.35. The van der Waals surface area contributed by atoms with Crippen LogP contribution in [0.25, 0.3) is 0 Å². The molecule has 0 spiro atoms. The van der Waals surface area contributed by atoms with Crippen LogP contribution in [0, 0.1) is 0 Å². The van der Waals surface area contributed by atoms with E-state index in [4.69, 9.17) is 21.1 Å². The van der Waals surface area contributed by atoms with Gasteiger partial charge in [-0.15, -0.1) is 0 Å². The van der Waals surface area contributed by atoms with Crippen molar-refractivity contribution in [3.8, 4) is 5.75 Å². The van der Waals surface area contributed by atoms with Crippen LogP contribution >= 0.6 is 11.6 Å². The van der Waals surface area contributed by atoms with E-state index in [1.165, 1.54) is 18.2 Å². The Morgan fingerprint density at radius 1 is 1.17 bits per heavy atom. The number of morpholine rings is 1. The van der Waals surface area contributed by atoms with Crippen molar-refractivity contribution in [2.75, 3.05) is 24.4 Å². The summed E-state index contributed by atoms with van der Waals surface area (Å²) >= 11 is 6.23. The van der Waals surface area contributed by atoms with Gasteiger partial charge in [0.25, 0.3) is 15.9 Å². The third kappa shape index (κ3) is 5.24. The first-order valence-corrected chi connectivity index (χ1v) is 11.6. The van der Waals surface area contributed by atoms with Gasteiger partial charge >= 0.3 is 0 Å². The summed E-state index contributed by atoms with van der Waals surface area (Å²) in [5.74, 6) is 0.328. The van der Waals surface area contributed by atoms with E-state index in [9.17, 15) is 13.2 Å². The number of ether oxygens (including phenoxy) is 2. The monoisotopic (exact) mass is 452 g/mol. The van der Waals surface area contributed by atoms with Gasteiger partial charge in [-0.3, -0.25) is 9.52 Å². The molecule has 1 heterocycles. The molecule has 0 bridgehead atoms. The number of hydrogen-bond donors (Lipinski definition) is 1. The van der Waals surface area contributed by atoms with Gasteiger partial charge in [0.05, 0.1) is 34.3 Å². The number of sulfonamides is 1. The second-order valence-electron chi connectivity index (χ2n) is 7.17. The van der Waals surface area contributed by atoms with Gasteiger partial charge in [0, 0.05) is 18.8 Å². The molecule has 1 aliphatic heterocycles. The van der Waals surface area contributed by atoms with Crippen molar-refractivity contribution >= 4 is 33.2 Å². The zero-order valence-electron chi connectivity index (χ0n) is 17.1. The van der Waals surface area contributed by atoms with Gasteiger partial charge in [-0.05, 0) is 63.2 Å². The number of anilines is 1. The van der Waals surface area contributed by atoms with Gasteiger partial charge in [0.2, 0.25) is 0 Å². The number of amides is 1. The Morgan fingerprint density at radius 2 is 1.80 bits per heavy atom. The summed E-state index contributed by atoms with van der Waals surface area (Å²) in [6.07, 6.45) is -0.213. The van der Waals surface area contributed by atoms with Crippen LogP contribution < -0.4 is 9.46 Å². The highest BCUT2D eigenvalue weighted by atomic mass is 35.5. The Labute approximate surface area is 182 Å². The Bertz CT molecular complexity index is 1000. The SMILES string of the molecule is CCOc1ccc(NS(=O)(=O)c2ccc(Cl)c(C(=O)N3CC(C)OC(C)C3)c2)cc1. The smallest absolute Gasteiger partial charge is 0.261 e. The summed E-state index contributed by atoms with van der Waals surface area (Å²) in [5.41, 5.74) is 0.532. The summed E-state index contributed by atoms with van der Waals surface area (Å²) < 4.78 is 39.2. The van der Waals surface area contributed by atoms with Crippen molar-refractivity contribution in [1.29, 1.82) is 0 Å².